The second-order valence-corrected chi connectivity index (χ2v) is 2.51. The molecule has 0 saturated heterocycles. The van der Waals surface area contributed by atoms with Crippen molar-refractivity contribution in [1.82, 2.24) is 9.97 Å². The van der Waals surface area contributed by atoms with Gasteiger partial charge in [-0.15, -0.1) is 0 Å². The minimum Gasteiger partial charge on any atom is -0.237 e. The van der Waals surface area contributed by atoms with Crippen molar-refractivity contribution in [1.29, 1.82) is 5.26 Å². The molecule has 11 heavy (non-hydrogen) atoms. The molecule has 1 heterocycles. The molecule has 0 fully saturated rings. The van der Waals surface area contributed by atoms with Crippen LogP contribution in [0.5, 0.6) is 0 Å². The topological polar surface area (TPSA) is 49.6 Å². The highest BCUT2D eigenvalue weighted by Gasteiger charge is 2.05. The molecular weight excluding hydrogens is 162 g/mol. The lowest BCUT2D eigenvalue weighted by atomic mass is 10.3. The molecule has 0 spiro atoms. The van der Waals surface area contributed by atoms with E-state index in [4.69, 9.17) is 16.9 Å². The Morgan fingerprint density at radius 3 is 2.55 bits per heavy atom. The van der Waals surface area contributed by atoms with Crippen molar-refractivity contribution in [3.05, 3.63) is 22.2 Å². The Morgan fingerprint density at radius 2 is 2.00 bits per heavy atom. The number of rotatable bonds is 0. The predicted molar refractivity (Wildman–Crippen MR) is 41.2 cm³/mol. The van der Waals surface area contributed by atoms with Crippen molar-refractivity contribution in [3.63, 3.8) is 0 Å². The average molecular weight is 168 g/mol. The van der Waals surface area contributed by atoms with Gasteiger partial charge in [0.1, 0.15) is 11.9 Å². The average Bonchev–Trinajstić information content (AvgIpc) is 1.96. The summed E-state index contributed by atoms with van der Waals surface area (Å²) in [6.07, 6.45) is 0. The maximum absolute atomic E-state index is 8.54. The number of nitrogens with zero attached hydrogens (tertiary/aromatic N) is 3. The Hall–Kier alpha value is -1.14. The molecule has 0 aliphatic carbocycles. The van der Waals surface area contributed by atoms with E-state index in [1.54, 1.807) is 13.8 Å². The number of hydrogen-bond acceptors (Lipinski definition) is 3. The van der Waals surface area contributed by atoms with Gasteiger partial charge in [-0.25, -0.2) is 9.97 Å². The Labute approximate surface area is 69.7 Å². The first-order valence-corrected chi connectivity index (χ1v) is 3.43. The first kappa shape index (κ1) is 7.96. The van der Waals surface area contributed by atoms with E-state index in [0.29, 0.717) is 16.5 Å². The molecule has 0 aliphatic heterocycles. The smallest absolute Gasteiger partial charge is 0.163 e. The van der Waals surface area contributed by atoms with Crippen LogP contribution in [0.4, 0.5) is 0 Å². The molecule has 0 amide bonds. The monoisotopic (exact) mass is 167 g/mol. The van der Waals surface area contributed by atoms with E-state index in [9.17, 15) is 0 Å². The molecule has 56 valence electrons. The summed E-state index contributed by atoms with van der Waals surface area (Å²) >= 11 is 5.72. The Bertz CT molecular complexity index is 327. The van der Waals surface area contributed by atoms with E-state index in [1.165, 1.54) is 0 Å². The number of aromatic nitrogens is 2. The standard InChI is InChI=1S/C7H6ClN3/c1-4-7(8)6(3-9)11-5(2)10-4/h1-2H3. The van der Waals surface area contributed by atoms with Crippen molar-refractivity contribution in [2.75, 3.05) is 0 Å². The normalized spacial score (nSPS) is 9.27. The van der Waals surface area contributed by atoms with Gasteiger partial charge < -0.3 is 0 Å². The quantitative estimate of drug-likeness (QED) is 0.590. The molecule has 0 radical (unpaired) electrons. The third kappa shape index (κ3) is 1.47. The fourth-order valence-electron chi connectivity index (χ4n) is 0.773. The second-order valence-electron chi connectivity index (χ2n) is 2.13. The van der Waals surface area contributed by atoms with Crippen LogP contribution in [0, 0.1) is 25.2 Å². The maximum atomic E-state index is 8.54. The first-order chi connectivity index (χ1) is 5.15. The Balaban J connectivity index is 3.39. The fourth-order valence-corrected chi connectivity index (χ4v) is 0.900. The molecule has 0 bridgehead atoms. The summed E-state index contributed by atoms with van der Waals surface area (Å²) in [5.41, 5.74) is 0.896. The van der Waals surface area contributed by atoms with Gasteiger partial charge in [0.25, 0.3) is 0 Å². The van der Waals surface area contributed by atoms with Crippen LogP contribution < -0.4 is 0 Å². The van der Waals surface area contributed by atoms with E-state index < -0.39 is 0 Å². The van der Waals surface area contributed by atoms with Gasteiger partial charge in [0.15, 0.2) is 5.69 Å². The van der Waals surface area contributed by atoms with E-state index in [2.05, 4.69) is 9.97 Å². The molecular formula is C7H6ClN3. The van der Waals surface area contributed by atoms with Crippen LogP contribution in [0.3, 0.4) is 0 Å². The van der Waals surface area contributed by atoms with Crippen LogP contribution >= 0.6 is 11.6 Å². The molecule has 3 nitrogen and oxygen atoms in total. The first-order valence-electron chi connectivity index (χ1n) is 3.06. The van der Waals surface area contributed by atoms with Crippen molar-refractivity contribution in [2.45, 2.75) is 13.8 Å². The molecule has 0 unspecified atom stereocenters. The van der Waals surface area contributed by atoms with Crippen LogP contribution in [0.15, 0.2) is 0 Å². The lowest BCUT2D eigenvalue weighted by Gasteiger charge is -1.98. The van der Waals surface area contributed by atoms with Crippen LogP contribution in [-0.2, 0) is 0 Å². The molecule has 1 rings (SSSR count). The minimum absolute atomic E-state index is 0.247. The maximum Gasteiger partial charge on any atom is 0.163 e. The van der Waals surface area contributed by atoms with E-state index in [-0.39, 0.29) is 5.69 Å². The zero-order valence-electron chi connectivity index (χ0n) is 6.22. The highest BCUT2D eigenvalue weighted by molar-refractivity contribution is 6.32. The van der Waals surface area contributed by atoms with Crippen LogP contribution in [0.2, 0.25) is 5.02 Å². The number of halogens is 1. The van der Waals surface area contributed by atoms with Crippen molar-refractivity contribution < 1.29 is 0 Å². The lowest BCUT2D eigenvalue weighted by Crippen LogP contribution is -1.95. The number of hydrogen-bond donors (Lipinski definition) is 0. The van der Waals surface area contributed by atoms with E-state index in [1.807, 2.05) is 6.07 Å². The Morgan fingerprint density at radius 1 is 1.36 bits per heavy atom. The van der Waals surface area contributed by atoms with Crippen LogP contribution in [0.1, 0.15) is 17.2 Å². The summed E-state index contributed by atoms with van der Waals surface area (Å²) < 4.78 is 0. The summed E-state index contributed by atoms with van der Waals surface area (Å²) in [5, 5.41) is 8.89. The number of aryl methyl sites for hydroxylation is 2. The van der Waals surface area contributed by atoms with E-state index >= 15 is 0 Å². The molecule has 1 aromatic rings. The van der Waals surface area contributed by atoms with Gasteiger partial charge >= 0.3 is 0 Å². The highest BCUT2D eigenvalue weighted by Crippen LogP contribution is 2.15. The SMILES string of the molecule is Cc1nc(C)c(Cl)c(C#N)n1. The Kier molecular flexibility index (Phi) is 2.06. The summed E-state index contributed by atoms with van der Waals surface area (Å²) in [6, 6.07) is 1.89. The summed E-state index contributed by atoms with van der Waals surface area (Å²) in [5.74, 6) is 0.573. The second kappa shape index (κ2) is 2.85. The predicted octanol–water partition coefficient (Wildman–Crippen LogP) is 1.62. The van der Waals surface area contributed by atoms with Gasteiger partial charge in [-0.05, 0) is 13.8 Å². The van der Waals surface area contributed by atoms with Gasteiger partial charge in [-0.1, -0.05) is 11.6 Å². The third-order valence-electron chi connectivity index (χ3n) is 1.23. The molecule has 0 atom stereocenters. The molecule has 1 aromatic heterocycles. The highest BCUT2D eigenvalue weighted by atomic mass is 35.5. The fraction of sp³-hybridized carbons (Fsp3) is 0.286. The number of nitriles is 1. The lowest BCUT2D eigenvalue weighted by molar-refractivity contribution is 0.997. The van der Waals surface area contributed by atoms with Crippen molar-refractivity contribution in [3.8, 4) is 6.07 Å². The van der Waals surface area contributed by atoms with Gasteiger partial charge in [-0.2, -0.15) is 5.26 Å². The molecule has 0 N–H and O–H groups in total. The van der Waals surface area contributed by atoms with Crippen molar-refractivity contribution >= 4 is 11.6 Å². The zero-order chi connectivity index (χ0) is 8.43. The van der Waals surface area contributed by atoms with Gasteiger partial charge in [0, 0.05) is 0 Å². The van der Waals surface area contributed by atoms with Crippen LogP contribution in [0.25, 0.3) is 0 Å². The van der Waals surface area contributed by atoms with Crippen LogP contribution in [-0.4, -0.2) is 9.97 Å². The van der Waals surface area contributed by atoms with Gasteiger partial charge in [-0.3, -0.25) is 0 Å². The summed E-state index contributed by atoms with van der Waals surface area (Å²) in [7, 11) is 0. The molecule has 0 saturated carbocycles. The minimum atomic E-state index is 0.247. The van der Waals surface area contributed by atoms with Gasteiger partial charge in [0.05, 0.1) is 10.7 Å². The largest absolute Gasteiger partial charge is 0.237 e. The molecule has 0 aromatic carbocycles. The molecule has 0 aliphatic rings. The van der Waals surface area contributed by atoms with Gasteiger partial charge in [0.2, 0.25) is 0 Å². The zero-order valence-corrected chi connectivity index (χ0v) is 6.98. The summed E-state index contributed by atoms with van der Waals surface area (Å²) in [6.45, 7) is 3.47. The molecule has 4 heteroatoms. The van der Waals surface area contributed by atoms with Crippen molar-refractivity contribution in [2.24, 2.45) is 0 Å². The summed E-state index contributed by atoms with van der Waals surface area (Å²) in [4.78, 5) is 7.84. The third-order valence-corrected chi connectivity index (χ3v) is 1.69. The van der Waals surface area contributed by atoms with E-state index in [0.717, 1.165) is 0 Å².